The summed E-state index contributed by atoms with van der Waals surface area (Å²) in [5.74, 6) is 0. The molecule has 7 heteroatoms. The molecule has 0 aliphatic heterocycles. The molecule has 5 nitrogen and oxygen atoms in total. The van der Waals surface area contributed by atoms with Crippen molar-refractivity contribution in [1.82, 2.24) is 0 Å². The van der Waals surface area contributed by atoms with Gasteiger partial charge in [-0.25, -0.2) is 0 Å². The van der Waals surface area contributed by atoms with Gasteiger partial charge in [0.1, 0.15) is 0 Å². The number of rotatable bonds is 0. The van der Waals surface area contributed by atoms with E-state index in [1.54, 1.807) is 0 Å². The molecule has 0 fully saturated rings. The Morgan fingerprint density at radius 3 is 1.22 bits per heavy atom. The van der Waals surface area contributed by atoms with Crippen LogP contribution in [0.2, 0.25) is 0 Å². The topological polar surface area (TPSA) is 96.9 Å². The summed E-state index contributed by atoms with van der Waals surface area (Å²) in [4.78, 5) is 0. The first-order valence-corrected chi connectivity index (χ1v) is 3.15. The Morgan fingerprint density at radius 1 is 1.22 bits per heavy atom. The van der Waals surface area contributed by atoms with Gasteiger partial charge >= 0.3 is 0 Å². The zero-order valence-electron chi connectivity index (χ0n) is 4.97. The maximum Gasteiger partial charge on any atom is 0.0647 e. The third kappa shape index (κ3) is 2760. The molecule has 2 N–H and O–H groups in total. The van der Waals surface area contributed by atoms with Gasteiger partial charge in [0, 0.05) is 27.5 Å². The second kappa shape index (κ2) is 8.35. The Balaban J connectivity index is -0.0000000800. The zero-order valence-corrected chi connectivity index (χ0v) is 6.89. The fraction of sp³-hybridized carbons (Fsp3) is 1.00. The Labute approximate surface area is 64.9 Å². The van der Waals surface area contributed by atoms with E-state index in [9.17, 15) is 0 Å². The average Bonchev–Trinajstić information content (AvgIpc) is 1.27. The first-order chi connectivity index (χ1) is 3.41. The second-order valence-corrected chi connectivity index (χ2v) is 1.80. The third-order valence-electron chi connectivity index (χ3n) is 0. The molecule has 0 bridgehead atoms. The summed E-state index contributed by atoms with van der Waals surface area (Å²) in [7, 11) is -1.17. The Hall–Kier alpha value is 0.349. The predicted octanol–water partition coefficient (Wildman–Crippen LogP) is -2.53. The van der Waals surface area contributed by atoms with Crippen LogP contribution in [0.4, 0.5) is 0 Å². The van der Waals surface area contributed by atoms with Crippen LogP contribution in [0, 0.1) is 0 Å². The largest absolute Gasteiger partial charge is 0.759 e. The second-order valence-electron chi connectivity index (χ2n) is 0.986. The van der Waals surface area contributed by atoms with Crippen LogP contribution in [0.15, 0.2) is 0 Å². The van der Waals surface area contributed by atoms with Crippen molar-refractivity contribution in [3.8, 4) is 0 Å². The molecule has 0 amide bonds. The quantitative estimate of drug-likeness (QED) is 0.263. The van der Waals surface area contributed by atoms with E-state index in [1.807, 2.05) is 19.4 Å². The summed E-state index contributed by atoms with van der Waals surface area (Å²) in [6.45, 7) is 0. The fourth-order valence-electron chi connectivity index (χ4n) is 0. The molecule has 0 aliphatic carbocycles. The van der Waals surface area contributed by atoms with Gasteiger partial charge in [0.2, 0.25) is 0 Å². The van der Waals surface area contributed by atoms with Crippen LogP contribution in [0.25, 0.3) is 0 Å². The Kier molecular flexibility index (Phi) is 15.0. The van der Waals surface area contributed by atoms with E-state index < -0.39 is 10.4 Å². The minimum atomic E-state index is -5.17. The van der Waals surface area contributed by atoms with Gasteiger partial charge in [0.05, 0.1) is 14.1 Å². The van der Waals surface area contributed by atoms with Crippen molar-refractivity contribution in [2.45, 2.75) is 0 Å². The first-order valence-electron chi connectivity index (χ1n) is 1.82. The van der Waals surface area contributed by atoms with Gasteiger partial charge < -0.3 is 14.4 Å². The summed E-state index contributed by atoms with van der Waals surface area (Å²) in [5.41, 5.74) is 0. The number of hydrogen-bond acceptors (Lipinski definition) is 4. The van der Waals surface area contributed by atoms with Crippen molar-refractivity contribution < 1.29 is 39.9 Å². The molecule has 0 unspecified atom stereocenters. The standard InChI is InChI=1S/C2H7N.Fe.H2O4S/c1-3-2;;1-5(2,3)4/h3H,1-2H3;;(H2,1,2,3,4)/p-1. The summed E-state index contributed by atoms with van der Waals surface area (Å²) < 4.78 is 34.1. The molecular weight excluding hydrogens is 190 g/mol. The molecule has 0 aromatic carbocycles. The van der Waals surface area contributed by atoms with Crippen LogP contribution < -0.4 is 5.32 Å². The zero-order chi connectivity index (χ0) is 7.21. The molecule has 60 valence electrons. The minimum Gasteiger partial charge on any atom is -0.759 e. The van der Waals surface area contributed by atoms with E-state index in [1.165, 1.54) is 0 Å². The summed E-state index contributed by atoms with van der Waals surface area (Å²) >= 11 is 0. The van der Waals surface area contributed by atoms with Crippen molar-refractivity contribution in [2.24, 2.45) is 0 Å². The molecule has 0 heterocycles. The molecule has 0 aromatic heterocycles. The van der Waals surface area contributed by atoms with E-state index >= 15 is 0 Å². The van der Waals surface area contributed by atoms with Gasteiger partial charge in [-0.15, -0.1) is 0 Å². The molecule has 0 aromatic rings. The van der Waals surface area contributed by atoms with Crippen LogP contribution in [0.5, 0.6) is 0 Å². The van der Waals surface area contributed by atoms with Crippen molar-refractivity contribution in [2.75, 3.05) is 14.1 Å². The number of nitrogens with two attached hydrogens (primary N) is 1. The predicted molar refractivity (Wildman–Crippen MR) is 24.2 cm³/mol. The third-order valence-corrected chi connectivity index (χ3v) is 0. The molecule has 0 atom stereocenters. The van der Waals surface area contributed by atoms with Gasteiger partial charge in [-0.3, -0.25) is 8.42 Å². The first kappa shape index (κ1) is 16.2. The van der Waals surface area contributed by atoms with Gasteiger partial charge in [-0.05, 0) is 0 Å². The van der Waals surface area contributed by atoms with Crippen molar-refractivity contribution in [3.05, 3.63) is 0 Å². The molecule has 0 aliphatic rings. The van der Waals surface area contributed by atoms with Gasteiger partial charge in [0.25, 0.3) is 0 Å². The average molecular weight is 198 g/mol. The minimum absolute atomic E-state index is 0. The Morgan fingerprint density at radius 2 is 1.22 bits per heavy atom. The molecular formula is C2H8FeNO4S-. The van der Waals surface area contributed by atoms with Crippen molar-refractivity contribution >= 4 is 10.4 Å². The normalized spacial score (nSPS) is 8.44. The van der Waals surface area contributed by atoms with E-state index in [0.717, 1.165) is 0 Å². The SMILES string of the molecule is C[NH2+]C.O=S(=O)([O-])[O-].[Fe]. The van der Waals surface area contributed by atoms with E-state index in [0.29, 0.717) is 0 Å². The Bertz CT molecular complexity index is 113. The van der Waals surface area contributed by atoms with Gasteiger partial charge in [-0.1, -0.05) is 0 Å². The van der Waals surface area contributed by atoms with Crippen molar-refractivity contribution in [1.29, 1.82) is 0 Å². The number of quaternary nitrogens is 1. The molecule has 0 radical (unpaired) electrons. The van der Waals surface area contributed by atoms with Crippen LogP contribution in [-0.4, -0.2) is 31.6 Å². The van der Waals surface area contributed by atoms with E-state index in [-0.39, 0.29) is 17.1 Å². The summed E-state index contributed by atoms with van der Waals surface area (Å²) in [5, 5.41) is 2.00. The molecule has 0 rings (SSSR count). The van der Waals surface area contributed by atoms with Crippen LogP contribution in [0.1, 0.15) is 0 Å². The van der Waals surface area contributed by atoms with Crippen LogP contribution in [0.3, 0.4) is 0 Å². The molecule has 9 heavy (non-hydrogen) atoms. The molecule has 0 spiro atoms. The smallest absolute Gasteiger partial charge is 0.0647 e. The summed E-state index contributed by atoms with van der Waals surface area (Å²) in [6, 6.07) is 0. The van der Waals surface area contributed by atoms with E-state index in [4.69, 9.17) is 17.5 Å². The van der Waals surface area contributed by atoms with E-state index in [2.05, 4.69) is 0 Å². The van der Waals surface area contributed by atoms with Crippen LogP contribution >= 0.6 is 0 Å². The molecule has 0 saturated carbocycles. The fourth-order valence-corrected chi connectivity index (χ4v) is 0. The van der Waals surface area contributed by atoms with Crippen LogP contribution in [-0.2, 0) is 27.5 Å². The molecule has 0 saturated heterocycles. The van der Waals surface area contributed by atoms with Gasteiger partial charge in [0.15, 0.2) is 0 Å². The maximum absolute atomic E-state index is 8.52. The monoisotopic (exact) mass is 198 g/mol. The van der Waals surface area contributed by atoms with Crippen molar-refractivity contribution in [3.63, 3.8) is 0 Å². The summed E-state index contributed by atoms with van der Waals surface area (Å²) in [6.07, 6.45) is 0. The van der Waals surface area contributed by atoms with Gasteiger partial charge in [-0.2, -0.15) is 0 Å². The number of hydrogen-bond donors (Lipinski definition) is 1. The maximum atomic E-state index is 8.52.